The molecule has 0 unspecified atom stereocenters. The number of fused-ring (bicyclic) bond motifs is 2. The normalized spacial score (nSPS) is 15.4. The summed E-state index contributed by atoms with van der Waals surface area (Å²) in [5, 5.41) is 22.1. The lowest BCUT2D eigenvalue weighted by atomic mass is 10.00. The van der Waals surface area contributed by atoms with Crippen molar-refractivity contribution < 1.29 is 14.6 Å². The Morgan fingerprint density at radius 3 is 2.70 bits per heavy atom. The van der Waals surface area contributed by atoms with Crippen molar-refractivity contribution in [1.29, 1.82) is 5.26 Å². The number of aryl methyl sites for hydroxylation is 1. The molecular formula is C33H26ClN7O4S. The zero-order valence-electron chi connectivity index (χ0n) is 24.7. The monoisotopic (exact) mass is 651 g/mol. The molecule has 13 heteroatoms. The van der Waals surface area contributed by atoms with Crippen molar-refractivity contribution >= 4 is 55.8 Å². The molecular weight excluding hydrogens is 626 g/mol. The molecule has 0 aliphatic carbocycles. The van der Waals surface area contributed by atoms with E-state index in [2.05, 4.69) is 42.7 Å². The number of piperazine rings is 1. The van der Waals surface area contributed by atoms with Crippen LogP contribution in [0.1, 0.15) is 27.3 Å². The summed E-state index contributed by atoms with van der Waals surface area (Å²) in [4.78, 5) is 43.5. The van der Waals surface area contributed by atoms with Gasteiger partial charge in [0.25, 0.3) is 5.56 Å². The first-order chi connectivity index (χ1) is 22.3. The SMILES string of the molecule is Cc1nc2cnc(N3CCN(C4COC4)CC3)c(C#N)c2c(=O)n1CC#Cc1ccc(Cl)cc1-c1ccnc2c(C(=O)O)csc12. The molecule has 4 aromatic heterocycles. The van der Waals surface area contributed by atoms with Crippen LogP contribution in [0.2, 0.25) is 5.02 Å². The Morgan fingerprint density at radius 2 is 1.98 bits per heavy atom. The Kier molecular flexibility index (Phi) is 7.89. The molecule has 0 bridgehead atoms. The fourth-order valence-corrected chi connectivity index (χ4v) is 7.13. The molecule has 2 saturated heterocycles. The molecule has 46 heavy (non-hydrogen) atoms. The maximum atomic E-state index is 13.9. The van der Waals surface area contributed by atoms with Gasteiger partial charge in [0, 0.05) is 59.5 Å². The summed E-state index contributed by atoms with van der Waals surface area (Å²) in [5.74, 6) is 6.18. The van der Waals surface area contributed by atoms with E-state index >= 15 is 0 Å². The molecule has 11 nitrogen and oxygen atoms in total. The molecule has 0 saturated carbocycles. The van der Waals surface area contributed by atoms with Crippen LogP contribution in [-0.2, 0) is 11.3 Å². The number of hydrogen-bond acceptors (Lipinski definition) is 10. The summed E-state index contributed by atoms with van der Waals surface area (Å²) >= 11 is 7.67. The van der Waals surface area contributed by atoms with Crippen molar-refractivity contribution in [1.82, 2.24) is 24.4 Å². The minimum atomic E-state index is -1.05. The van der Waals surface area contributed by atoms with Crippen LogP contribution in [-0.4, -0.2) is 80.9 Å². The number of thiophene rings is 1. The van der Waals surface area contributed by atoms with Crippen LogP contribution >= 0.6 is 22.9 Å². The fraction of sp³-hybridized carbons (Fsp3) is 0.273. The van der Waals surface area contributed by atoms with Gasteiger partial charge >= 0.3 is 5.97 Å². The topological polar surface area (TPSA) is 137 Å². The molecule has 2 fully saturated rings. The maximum absolute atomic E-state index is 13.9. The number of aromatic carboxylic acids is 1. The number of hydrogen-bond donors (Lipinski definition) is 1. The zero-order chi connectivity index (χ0) is 31.9. The van der Waals surface area contributed by atoms with E-state index in [0.29, 0.717) is 57.1 Å². The van der Waals surface area contributed by atoms with Gasteiger partial charge in [-0.15, -0.1) is 11.3 Å². The van der Waals surface area contributed by atoms with Crippen LogP contribution in [0.4, 0.5) is 5.82 Å². The number of carbonyl (C=O) groups is 1. The lowest BCUT2D eigenvalue weighted by Gasteiger charge is -2.43. The van der Waals surface area contributed by atoms with Crippen LogP contribution in [0.5, 0.6) is 0 Å². The Bertz CT molecular complexity index is 2200. The molecule has 6 heterocycles. The lowest BCUT2D eigenvalue weighted by Crippen LogP contribution is -2.56. The minimum Gasteiger partial charge on any atom is -0.478 e. The zero-order valence-corrected chi connectivity index (χ0v) is 26.2. The molecule has 7 rings (SSSR count). The van der Waals surface area contributed by atoms with Crippen molar-refractivity contribution in [2.75, 3.05) is 44.3 Å². The van der Waals surface area contributed by atoms with Crippen LogP contribution < -0.4 is 10.5 Å². The number of pyridine rings is 2. The molecule has 230 valence electrons. The highest BCUT2D eigenvalue weighted by molar-refractivity contribution is 7.18. The third kappa shape index (κ3) is 5.25. The first-order valence-corrected chi connectivity index (χ1v) is 15.8. The van der Waals surface area contributed by atoms with E-state index < -0.39 is 5.97 Å². The van der Waals surface area contributed by atoms with Gasteiger partial charge in [0.15, 0.2) is 0 Å². The van der Waals surface area contributed by atoms with Gasteiger partial charge in [-0.05, 0) is 31.2 Å². The van der Waals surface area contributed by atoms with Crippen molar-refractivity contribution in [3.8, 4) is 29.0 Å². The number of rotatable bonds is 5. The number of nitrogens with zero attached hydrogens (tertiary/aromatic N) is 7. The number of nitriles is 1. The third-order valence-corrected chi connectivity index (χ3v) is 9.69. The molecule has 1 N–H and O–H groups in total. The lowest BCUT2D eigenvalue weighted by molar-refractivity contribution is -0.0661. The Morgan fingerprint density at radius 1 is 1.17 bits per heavy atom. The quantitative estimate of drug-likeness (QED) is 0.276. The largest absolute Gasteiger partial charge is 0.478 e. The fourth-order valence-electron chi connectivity index (χ4n) is 5.93. The maximum Gasteiger partial charge on any atom is 0.338 e. The van der Waals surface area contributed by atoms with Gasteiger partial charge in [0.1, 0.15) is 23.3 Å². The molecule has 0 atom stereocenters. The van der Waals surface area contributed by atoms with E-state index in [-0.39, 0.29) is 28.6 Å². The summed E-state index contributed by atoms with van der Waals surface area (Å²) in [6.07, 6.45) is 3.13. The number of benzene rings is 1. The highest BCUT2D eigenvalue weighted by Crippen LogP contribution is 2.36. The Labute approximate surface area is 272 Å². The van der Waals surface area contributed by atoms with Gasteiger partial charge in [-0.25, -0.2) is 14.8 Å². The van der Waals surface area contributed by atoms with Crippen molar-refractivity contribution in [2.45, 2.75) is 19.5 Å². The number of aromatic nitrogens is 4. The average molecular weight is 652 g/mol. The first-order valence-electron chi connectivity index (χ1n) is 14.6. The molecule has 0 amide bonds. The molecule has 2 aliphatic rings. The number of carboxylic acid groups (broad SMARTS) is 1. The molecule has 0 spiro atoms. The highest BCUT2D eigenvalue weighted by atomic mass is 35.5. The summed E-state index contributed by atoms with van der Waals surface area (Å²) in [6, 6.07) is 9.79. The van der Waals surface area contributed by atoms with E-state index in [1.807, 2.05) is 0 Å². The number of anilines is 1. The molecule has 1 aromatic carbocycles. The van der Waals surface area contributed by atoms with Gasteiger partial charge in [-0.3, -0.25) is 19.2 Å². The second-order valence-corrected chi connectivity index (χ2v) is 12.4. The predicted octanol–water partition coefficient (Wildman–Crippen LogP) is 4.17. The van der Waals surface area contributed by atoms with Gasteiger partial charge in [-0.2, -0.15) is 5.26 Å². The van der Waals surface area contributed by atoms with E-state index in [1.165, 1.54) is 15.9 Å². The second-order valence-electron chi connectivity index (χ2n) is 11.1. The number of halogens is 1. The first kappa shape index (κ1) is 29.8. The van der Waals surface area contributed by atoms with Gasteiger partial charge in [-0.1, -0.05) is 23.4 Å². The molecule has 2 aliphatic heterocycles. The minimum absolute atomic E-state index is 0.0360. The Balaban J connectivity index is 1.22. The summed E-state index contributed by atoms with van der Waals surface area (Å²) < 4.78 is 7.51. The van der Waals surface area contributed by atoms with E-state index in [0.717, 1.165) is 37.4 Å². The Hall–Kier alpha value is -4.85. The molecule has 0 radical (unpaired) electrons. The number of carboxylic acids is 1. The van der Waals surface area contributed by atoms with Crippen LogP contribution in [0.25, 0.3) is 32.2 Å². The van der Waals surface area contributed by atoms with Crippen molar-refractivity contribution in [2.24, 2.45) is 0 Å². The van der Waals surface area contributed by atoms with E-state index in [9.17, 15) is 20.0 Å². The smallest absolute Gasteiger partial charge is 0.338 e. The summed E-state index contributed by atoms with van der Waals surface area (Å²) in [5.41, 5.74) is 2.90. The van der Waals surface area contributed by atoms with Gasteiger partial charge in [0.2, 0.25) is 0 Å². The van der Waals surface area contributed by atoms with E-state index in [1.54, 1.807) is 49.0 Å². The highest BCUT2D eigenvalue weighted by Gasteiger charge is 2.30. The number of ether oxygens (including phenoxy) is 1. The molecule has 5 aromatic rings. The van der Waals surface area contributed by atoms with Crippen LogP contribution in [0, 0.1) is 30.1 Å². The third-order valence-electron chi connectivity index (χ3n) is 8.45. The van der Waals surface area contributed by atoms with Crippen molar-refractivity contribution in [3.63, 3.8) is 0 Å². The van der Waals surface area contributed by atoms with Crippen molar-refractivity contribution in [3.05, 3.63) is 79.9 Å². The summed E-state index contributed by atoms with van der Waals surface area (Å²) in [6.45, 7) is 6.31. The standard InChI is InChI=1S/C33H26ClN7O4S/c1-19-38-27-15-37-31(40-11-9-39(10-12-40)22-16-45-17-22)25(14-35)28(27)32(42)41(19)8-2-3-20-4-5-21(34)13-24(20)23-6-7-36-29-26(33(43)44)18-46-30(23)29/h4-7,13,15,18,22H,8-12,16-17H2,1H3,(H,43,44). The van der Waals surface area contributed by atoms with Crippen LogP contribution in [0.15, 0.2) is 46.8 Å². The summed E-state index contributed by atoms with van der Waals surface area (Å²) in [7, 11) is 0. The predicted molar refractivity (Wildman–Crippen MR) is 176 cm³/mol. The second kappa shape index (κ2) is 12.2. The van der Waals surface area contributed by atoms with Gasteiger partial charge < -0.3 is 14.7 Å². The average Bonchev–Trinajstić information content (AvgIpc) is 3.47. The van der Waals surface area contributed by atoms with Gasteiger partial charge in [0.05, 0.1) is 58.7 Å². The van der Waals surface area contributed by atoms with Crippen LogP contribution in [0.3, 0.4) is 0 Å². The van der Waals surface area contributed by atoms with E-state index in [4.69, 9.17) is 16.3 Å².